The van der Waals surface area contributed by atoms with Crippen molar-refractivity contribution in [2.75, 3.05) is 13.7 Å². The lowest BCUT2D eigenvalue weighted by molar-refractivity contribution is -0.136. The lowest BCUT2D eigenvalue weighted by Gasteiger charge is -2.09. The minimum absolute atomic E-state index is 0.213. The van der Waals surface area contributed by atoms with Crippen LogP contribution in [0.1, 0.15) is 33.1 Å². The van der Waals surface area contributed by atoms with Crippen molar-refractivity contribution in [2.24, 2.45) is 0 Å². The number of ether oxygens (including phenoxy) is 1. The highest BCUT2D eigenvalue weighted by atomic mass is 16.5. The molecular weight excluding hydrogens is 178 g/mol. The van der Waals surface area contributed by atoms with Gasteiger partial charge in [0.2, 0.25) is 0 Å². The van der Waals surface area contributed by atoms with E-state index in [1.165, 1.54) is 20.0 Å². The van der Waals surface area contributed by atoms with Gasteiger partial charge in [-0.1, -0.05) is 13.0 Å². The van der Waals surface area contributed by atoms with Gasteiger partial charge in [-0.25, -0.2) is 4.79 Å². The Morgan fingerprint density at radius 1 is 1.57 bits per heavy atom. The monoisotopic (exact) mass is 197 g/mol. The summed E-state index contributed by atoms with van der Waals surface area (Å²) in [6, 6.07) is 0. The molecule has 80 valence electrons. The highest BCUT2D eigenvalue weighted by Crippen LogP contribution is 2.33. The molecule has 1 aliphatic rings. The van der Waals surface area contributed by atoms with Crippen LogP contribution in [0.25, 0.3) is 0 Å². The first kappa shape index (κ1) is 11.2. The van der Waals surface area contributed by atoms with Crippen LogP contribution in [0.3, 0.4) is 0 Å². The van der Waals surface area contributed by atoms with Gasteiger partial charge in [-0.15, -0.1) is 0 Å². The van der Waals surface area contributed by atoms with Gasteiger partial charge >= 0.3 is 5.97 Å². The maximum atomic E-state index is 11.2. The lowest BCUT2D eigenvalue weighted by atomic mass is 10.2. The molecule has 1 fully saturated rings. The molecule has 0 unspecified atom stereocenters. The molecular formula is C11H19NO2. The molecule has 0 heterocycles. The van der Waals surface area contributed by atoms with Crippen molar-refractivity contribution in [3.8, 4) is 0 Å². The van der Waals surface area contributed by atoms with Crippen LogP contribution in [-0.2, 0) is 9.53 Å². The van der Waals surface area contributed by atoms with Crippen LogP contribution in [-0.4, -0.2) is 25.2 Å². The molecule has 1 N–H and O–H groups in total. The van der Waals surface area contributed by atoms with Crippen LogP contribution in [0, 0.1) is 0 Å². The Bertz CT molecular complexity index is 242. The Balaban J connectivity index is 2.35. The zero-order valence-electron chi connectivity index (χ0n) is 9.22. The summed E-state index contributed by atoms with van der Waals surface area (Å²) >= 11 is 0. The molecule has 0 aliphatic heterocycles. The van der Waals surface area contributed by atoms with E-state index < -0.39 is 0 Å². The normalized spacial score (nSPS) is 19.2. The van der Waals surface area contributed by atoms with Gasteiger partial charge in [0.25, 0.3) is 0 Å². The Morgan fingerprint density at radius 3 is 2.64 bits per heavy atom. The molecule has 1 saturated carbocycles. The smallest absolute Gasteiger partial charge is 0.333 e. The third kappa shape index (κ3) is 3.14. The lowest BCUT2D eigenvalue weighted by Crippen LogP contribution is -2.28. The largest absolute Gasteiger partial charge is 0.466 e. The molecule has 0 aromatic heterocycles. The van der Waals surface area contributed by atoms with Crippen molar-refractivity contribution in [1.82, 2.24) is 5.32 Å². The van der Waals surface area contributed by atoms with Crippen LogP contribution in [0.4, 0.5) is 0 Å². The second-order valence-corrected chi connectivity index (χ2v) is 4.02. The Labute approximate surface area is 85.5 Å². The molecule has 1 aliphatic carbocycles. The van der Waals surface area contributed by atoms with Crippen molar-refractivity contribution in [2.45, 2.75) is 38.6 Å². The minimum Gasteiger partial charge on any atom is -0.466 e. The predicted octanol–water partition coefficient (Wildman–Crippen LogP) is 1.64. The summed E-state index contributed by atoms with van der Waals surface area (Å²) in [5.74, 6) is -0.213. The average Bonchev–Trinajstić information content (AvgIpc) is 2.90. The fourth-order valence-electron chi connectivity index (χ4n) is 1.29. The number of hydrogen-bond donors (Lipinski definition) is 1. The van der Waals surface area contributed by atoms with Gasteiger partial charge in [-0.3, -0.25) is 0 Å². The number of rotatable bonds is 5. The van der Waals surface area contributed by atoms with Crippen molar-refractivity contribution >= 4 is 5.97 Å². The van der Waals surface area contributed by atoms with Gasteiger partial charge < -0.3 is 10.1 Å². The maximum absolute atomic E-state index is 11.2. The number of methoxy groups -OCH3 is 1. The van der Waals surface area contributed by atoms with Crippen molar-refractivity contribution < 1.29 is 9.53 Å². The first-order valence-corrected chi connectivity index (χ1v) is 5.13. The van der Waals surface area contributed by atoms with E-state index in [0.29, 0.717) is 5.54 Å². The number of carbonyl (C=O) groups is 1. The second-order valence-electron chi connectivity index (χ2n) is 4.02. The first-order chi connectivity index (χ1) is 6.61. The molecule has 3 heteroatoms. The number of hydrogen-bond acceptors (Lipinski definition) is 3. The summed E-state index contributed by atoms with van der Waals surface area (Å²) in [5.41, 5.74) is 1.08. The van der Waals surface area contributed by atoms with Gasteiger partial charge in [-0.2, -0.15) is 0 Å². The van der Waals surface area contributed by atoms with Crippen LogP contribution < -0.4 is 5.32 Å². The van der Waals surface area contributed by atoms with Crippen molar-refractivity contribution in [3.63, 3.8) is 0 Å². The zero-order chi connectivity index (χ0) is 10.6. The van der Waals surface area contributed by atoms with Gasteiger partial charge in [0, 0.05) is 17.7 Å². The average molecular weight is 197 g/mol. The highest BCUT2D eigenvalue weighted by Gasteiger charge is 2.35. The van der Waals surface area contributed by atoms with Crippen LogP contribution >= 0.6 is 0 Å². The predicted molar refractivity (Wildman–Crippen MR) is 56.0 cm³/mol. The molecule has 0 spiro atoms. The fraction of sp³-hybridized carbons (Fsp3) is 0.727. The van der Waals surface area contributed by atoms with E-state index in [0.717, 1.165) is 18.5 Å². The number of carbonyl (C=O) groups excluding carboxylic acids is 1. The number of nitrogens with one attached hydrogen (secondary N) is 1. The van der Waals surface area contributed by atoms with E-state index in [4.69, 9.17) is 0 Å². The molecule has 0 aromatic carbocycles. The molecule has 14 heavy (non-hydrogen) atoms. The van der Waals surface area contributed by atoms with Gasteiger partial charge in [0.15, 0.2) is 0 Å². The molecule has 3 nitrogen and oxygen atoms in total. The highest BCUT2D eigenvalue weighted by molar-refractivity contribution is 5.88. The zero-order valence-corrected chi connectivity index (χ0v) is 9.22. The second kappa shape index (κ2) is 4.60. The van der Waals surface area contributed by atoms with Gasteiger partial charge in [0.05, 0.1) is 7.11 Å². The maximum Gasteiger partial charge on any atom is 0.333 e. The summed E-state index contributed by atoms with van der Waals surface area (Å²) in [6.45, 7) is 4.92. The summed E-state index contributed by atoms with van der Waals surface area (Å²) in [5, 5.41) is 3.39. The Hall–Kier alpha value is -0.830. The van der Waals surface area contributed by atoms with E-state index in [1.54, 1.807) is 0 Å². The third-order valence-electron chi connectivity index (χ3n) is 2.71. The topological polar surface area (TPSA) is 38.3 Å². The van der Waals surface area contributed by atoms with Gasteiger partial charge in [-0.05, 0) is 26.2 Å². The SMILES string of the molecule is CCC(=CCNC1(C)CC1)C(=O)OC. The Kier molecular flexibility index (Phi) is 3.69. The van der Waals surface area contributed by atoms with Crippen LogP contribution in [0.5, 0.6) is 0 Å². The molecule has 1 rings (SSSR count). The first-order valence-electron chi connectivity index (χ1n) is 5.13. The van der Waals surface area contributed by atoms with E-state index >= 15 is 0 Å². The van der Waals surface area contributed by atoms with Crippen LogP contribution in [0.15, 0.2) is 11.6 Å². The summed E-state index contributed by atoms with van der Waals surface area (Å²) < 4.78 is 4.67. The van der Waals surface area contributed by atoms with Crippen molar-refractivity contribution in [1.29, 1.82) is 0 Å². The van der Waals surface area contributed by atoms with Crippen LogP contribution in [0.2, 0.25) is 0 Å². The fourth-order valence-corrected chi connectivity index (χ4v) is 1.29. The summed E-state index contributed by atoms with van der Waals surface area (Å²) in [7, 11) is 1.42. The molecule has 0 amide bonds. The summed E-state index contributed by atoms with van der Waals surface area (Å²) in [6.07, 6.45) is 5.13. The number of esters is 1. The quantitative estimate of drug-likeness (QED) is 0.538. The molecule has 0 radical (unpaired) electrons. The standard InChI is InChI=1S/C11H19NO2/c1-4-9(10(13)14-3)5-8-12-11(2)6-7-11/h5,12H,4,6-8H2,1-3H3. The van der Waals surface area contributed by atoms with Gasteiger partial charge in [0.1, 0.15) is 0 Å². The van der Waals surface area contributed by atoms with Crippen molar-refractivity contribution in [3.05, 3.63) is 11.6 Å². The van der Waals surface area contributed by atoms with E-state index in [2.05, 4.69) is 17.0 Å². The molecule has 0 saturated heterocycles. The van der Waals surface area contributed by atoms with E-state index in [1.807, 2.05) is 13.0 Å². The molecule has 0 bridgehead atoms. The van der Waals surface area contributed by atoms with E-state index in [9.17, 15) is 4.79 Å². The molecule has 0 aromatic rings. The molecule has 0 atom stereocenters. The Morgan fingerprint density at radius 2 is 2.21 bits per heavy atom. The minimum atomic E-state index is -0.213. The summed E-state index contributed by atoms with van der Waals surface area (Å²) in [4.78, 5) is 11.2. The van der Waals surface area contributed by atoms with E-state index in [-0.39, 0.29) is 5.97 Å². The third-order valence-corrected chi connectivity index (χ3v) is 2.71.